The SMILES string of the molecule is CC(C)(CNC(=O)c1cccc(OCc2cscn2)c1)c1ccc2c(c1)OCO2. The number of amides is 1. The molecule has 1 aliphatic rings. The third-order valence-corrected chi connectivity index (χ3v) is 5.45. The fraction of sp³-hybridized carbons (Fsp3) is 0.273. The topological polar surface area (TPSA) is 69.7 Å². The molecule has 0 radical (unpaired) electrons. The van der Waals surface area contributed by atoms with Crippen LogP contribution >= 0.6 is 11.3 Å². The summed E-state index contributed by atoms with van der Waals surface area (Å²) < 4.78 is 16.6. The van der Waals surface area contributed by atoms with E-state index in [2.05, 4.69) is 24.1 Å². The molecule has 0 aliphatic carbocycles. The molecule has 29 heavy (non-hydrogen) atoms. The molecule has 0 atom stereocenters. The van der Waals surface area contributed by atoms with Gasteiger partial charge in [0.15, 0.2) is 11.5 Å². The zero-order valence-electron chi connectivity index (χ0n) is 16.3. The second-order valence-electron chi connectivity index (χ2n) is 7.43. The van der Waals surface area contributed by atoms with Gasteiger partial charge >= 0.3 is 0 Å². The lowest BCUT2D eigenvalue weighted by Crippen LogP contribution is -2.36. The minimum atomic E-state index is -0.268. The maximum Gasteiger partial charge on any atom is 0.251 e. The van der Waals surface area contributed by atoms with Crippen LogP contribution in [-0.4, -0.2) is 24.2 Å². The number of fused-ring (bicyclic) bond motifs is 1. The van der Waals surface area contributed by atoms with E-state index in [0.717, 1.165) is 22.8 Å². The monoisotopic (exact) mass is 410 g/mol. The van der Waals surface area contributed by atoms with Crippen LogP contribution in [0.3, 0.4) is 0 Å². The van der Waals surface area contributed by atoms with E-state index in [9.17, 15) is 4.79 Å². The largest absolute Gasteiger partial charge is 0.487 e. The van der Waals surface area contributed by atoms with E-state index in [4.69, 9.17) is 14.2 Å². The molecule has 0 unspecified atom stereocenters. The molecule has 1 amide bonds. The number of aromatic nitrogens is 1. The van der Waals surface area contributed by atoms with Crippen LogP contribution in [0.4, 0.5) is 0 Å². The second-order valence-corrected chi connectivity index (χ2v) is 8.15. The van der Waals surface area contributed by atoms with Crippen molar-refractivity contribution in [2.24, 2.45) is 0 Å². The Morgan fingerprint density at radius 3 is 2.90 bits per heavy atom. The highest BCUT2D eigenvalue weighted by Gasteiger charge is 2.25. The van der Waals surface area contributed by atoms with E-state index in [-0.39, 0.29) is 18.1 Å². The normalized spacial score (nSPS) is 12.6. The Hall–Kier alpha value is -3.06. The van der Waals surface area contributed by atoms with E-state index in [1.54, 1.807) is 17.6 Å². The molecule has 1 aliphatic heterocycles. The number of hydrogen-bond acceptors (Lipinski definition) is 6. The van der Waals surface area contributed by atoms with E-state index in [0.29, 0.717) is 24.5 Å². The van der Waals surface area contributed by atoms with Crippen molar-refractivity contribution in [3.8, 4) is 17.2 Å². The number of rotatable bonds is 7. The summed E-state index contributed by atoms with van der Waals surface area (Å²) >= 11 is 1.53. The summed E-state index contributed by atoms with van der Waals surface area (Å²) in [6.07, 6.45) is 0. The average molecular weight is 410 g/mol. The Balaban J connectivity index is 1.38. The van der Waals surface area contributed by atoms with Gasteiger partial charge in [-0.15, -0.1) is 11.3 Å². The summed E-state index contributed by atoms with van der Waals surface area (Å²) in [4.78, 5) is 16.9. The second kappa shape index (κ2) is 8.13. The molecule has 0 fully saturated rings. The Labute approximate surface area is 173 Å². The van der Waals surface area contributed by atoms with Crippen molar-refractivity contribution in [2.45, 2.75) is 25.9 Å². The van der Waals surface area contributed by atoms with Crippen LogP contribution in [0.15, 0.2) is 53.4 Å². The number of carbonyl (C=O) groups excluding carboxylic acids is 1. The van der Waals surface area contributed by atoms with Crippen molar-refractivity contribution in [2.75, 3.05) is 13.3 Å². The highest BCUT2D eigenvalue weighted by atomic mass is 32.1. The maximum atomic E-state index is 12.7. The van der Waals surface area contributed by atoms with E-state index in [1.807, 2.05) is 35.7 Å². The summed E-state index contributed by atoms with van der Waals surface area (Å²) in [6, 6.07) is 13.1. The first-order chi connectivity index (χ1) is 14.0. The van der Waals surface area contributed by atoms with Gasteiger partial charge < -0.3 is 19.5 Å². The van der Waals surface area contributed by atoms with E-state index in [1.165, 1.54) is 11.3 Å². The summed E-state index contributed by atoms with van der Waals surface area (Å²) in [5, 5.41) is 4.96. The first kappa shape index (κ1) is 19.3. The van der Waals surface area contributed by atoms with Crippen LogP contribution in [0.25, 0.3) is 0 Å². The Kier molecular flexibility index (Phi) is 5.40. The van der Waals surface area contributed by atoms with Crippen molar-refractivity contribution in [3.63, 3.8) is 0 Å². The first-order valence-electron chi connectivity index (χ1n) is 9.29. The predicted octanol–water partition coefficient (Wildman–Crippen LogP) is 4.16. The fourth-order valence-electron chi connectivity index (χ4n) is 3.02. The van der Waals surface area contributed by atoms with Crippen molar-refractivity contribution >= 4 is 17.2 Å². The van der Waals surface area contributed by atoms with Crippen LogP contribution < -0.4 is 19.5 Å². The molecule has 0 bridgehead atoms. The molecular formula is C22H22N2O4S. The Morgan fingerprint density at radius 1 is 1.21 bits per heavy atom. The molecule has 6 nitrogen and oxygen atoms in total. The van der Waals surface area contributed by atoms with Gasteiger partial charge in [-0.3, -0.25) is 4.79 Å². The lowest BCUT2D eigenvalue weighted by molar-refractivity contribution is 0.0945. The third-order valence-electron chi connectivity index (χ3n) is 4.81. The van der Waals surface area contributed by atoms with Crippen molar-refractivity contribution < 1.29 is 19.0 Å². The minimum absolute atomic E-state index is 0.141. The molecular weight excluding hydrogens is 388 g/mol. The lowest BCUT2D eigenvalue weighted by Gasteiger charge is -2.26. The fourth-order valence-corrected chi connectivity index (χ4v) is 3.56. The molecule has 1 N–H and O–H groups in total. The summed E-state index contributed by atoms with van der Waals surface area (Å²) in [6.45, 7) is 5.27. The number of hydrogen-bond donors (Lipinski definition) is 1. The minimum Gasteiger partial charge on any atom is -0.487 e. The van der Waals surface area contributed by atoms with Gasteiger partial charge in [0.1, 0.15) is 12.4 Å². The molecule has 1 aromatic heterocycles. The summed E-state index contributed by atoms with van der Waals surface area (Å²) in [5.74, 6) is 1.99. The highest BCUT2D eigenvalue weighted by Crippen LogP contribution is 2.36. The molecule has 2 heterocycles. The molecule has 0 saturated carbocycles. The average Bonchev–Trinajstić information content (AvgIpc) is 3.42. The van der Waals surface area contributed by atoms with Crippen LogP contribution in [0.2, 0.25) is 0 Å². The molecule has 4 rings (SSSR count). The Bertz CT molecular complexity index is 1000. The molecule has 2 aromatic carbocycles. The van der Waals surface area contributed by atoms with Gasteiger partial charge in [0.2, 0.25) is 6.79 Å². The molecule has 150 valence electrons. The van der Waals surface area contributed by atoms with Crippen LogP contribution in [0.5, 0.6) is 17.2 Å². The van der Waals surface area contributed by atoms with Gasteiger partial charge in [-0.05, 0) is 35.9 Å². The molecule has 0 saturated heterocycles. The summed E-state index contributed by atoms with van der Waals surface area (Å²) in [5.41, 5.74) is 4.00. The van der Waals surface area contributed by atoms with Gasteiger partial charge in [0, 0.05) is 22.9 Å². The molecule has 0 spiro atoms. The van der Waals surface area contributed by atoms with E-state index >= 15 is 0 Å². The number of carbonyl (C=O) groups is 1. The van der Waals surface area contributed by atoms with Gasteiger partial charge in [0.05, 0.1) is 11.2 Å². The van der Waals surface area contributed by atoms with Gasteiger partial charge in [-0.25, -0.2) is 4.98 Å². The smallest absolute Gasteiger partial charge is 0.251 e. The zero-order valence-corrected chi connectivity index (χ0v) is 17.1. The number of ether oxygens (including phenoxy) is 3. The standard InChI is InChI=1S/C22H22N2O4S/c1-22(2,16-6-7-19-20(9-16)28-14-27-19)12-23-21(25)15-4-3-5-18(8-15)26-10-17-11-29-13-24-17/h3-9,11,13H,10,12,14H2,1-2H3,(H,23,25). The van der Waals surface area contributed by atoms with Crippen molar-refractivity contribution in [3.05, 3.63) is 70.2 Å². The number of thiazole rings is 1. The zero-order chi connectivity index (χ0) is 20.3. The van der Waals surface area contributed by atoms with Gasteiger partial charge in [0.25, 0.3) is 5.91 Å². The first-order valence-corrected chi connectivity index (χ1v) is 10.2. The third kappa shape index (κ3) is 4.51. The van der Waals surface area contributed by atoms with Crippen molar-refractivity contribution in [1.29, 1.82) is 0 Å². The van der Waals surface area contributed by atoms with Crippen LogP contribution in [0.1, 0.15) is 35.5 Å². The van der Waals surface area contributed by atoms with Crippen LogP contribution in [0, 0.1) is 0 Å². The Morgan fingerprint density at radius 2 is 2.07 bits per heavy atom. The summed E-state index contributed by atoms with van der Waals surface area (Å²) in [7, 11) is 0. The highest BCUT2D eigenvalue weighted by molar-refractivity contribution is 7.07. The van der Waals surface area contributed by atoms with Gasteiger partial charge in [-0.1, -0.05) is 26.0 Å². The maximum absolute atomic E-state index is 12.7. The van der Waals surface area contributed by atoms with E-state index < -0.39 is 0 Å². The van der Waals surface area contributed by atoms with Crippen LogP contribution in [-0.2, 0) is 12.0 Å². The molecule has 3 aromatic rings. The van der Waals surface area contributed by atoms with Crippen molar-refractivity contribution in [1.82, 2.24) is 10.3 Å². The predicted molar refractivity (Wildman–Crippen MR) is 111 cm³/mol. The number of benzene rings is 2. The molecule has 7 heteroatoms. The quantitative estimate of drug-likeness (QED) is 0.633. The number of nitrogens with zero attached hydrogens (tertiary/aromatic N) is 1. The number of nitrogens with one attached hydrogen (secondary N) is 1. The van der Waals surface area contributed by atoms with Gasteiger partial charge in [-0.2, -0.15) is 0 Å². The lowest BCUT2D eigenvalue weighted by atomic mass is 9.84.